The van der Waals surface area contributed by atoms with E-state index in [-0.39, 0.29) is 11.8 Å². The molecule has 0 bridgehead atoms. The number of benzene rings is 1. The highest BCUT2D eigenvalue weighted by atomic mass is 16.2. The maximum absolute atomic E-state index is 13.1. The number of nitrogens with zero attached hydrogens (tertiary/aromatic N) is 5. The molecule has 6 nitrogen and oxygen atoms in total. The lowest BCUT2D eigenvalue weighted by molar-refractivity contribution is -0.134. The molecule has 2 aliphatic heterocycles. The molecule has 160 valence electrons. The molecule has 0 radical (unpaired) electrons. The van der Waals surface area contributed by atoms with Gasteiger partial charge in [-0.3, -0.25) is 14.8 Å². The molecule has 2 atom stereocenters. The highest BCUT2D eigenvalue weighted by Gasteiger charge is 2.32. The molecule has 0 aromatic heterocycles. The molecular formula is C24H33N5O. The van der Waals surface area contributed by atoms with E-state index in [9.17, 15) is 10.1 Å². The first-order valence-corrected chi connectivity index (χ1v) is 11.0. The van der Waals surface area contributed by atoms with Gasteiger partial charge in [0.15, 0.2) is 0 Å². The lowest BCUT2D eigenvalue weighted by Crippen LogP contribution is -2.43. The molecule has 6 heteroatoms. The summed E-state index contributed by atoms with van der Waals surface area (Å²) in [4.78, 5) is 26.1. The molecule has 0 unspecified atom stereocenters. The monoisotopic (exact) mass is 407 g/mol. The fraction of sp³-hybridized carbons (Fsp3) is 0.583. The predicted molar refractivity (Wildman–Crippen MR) is 122 cm³/mol. The van der Waals surface area contributed by atoms with Gasteiger partial charge in [-0.15, -0.1) is 0 Å². The third-order valence-corrected chi connectivity index (χ3v) is 6.47. The maximum Gasteiger partial charge on any atom is 0.222 e. The summed E-state index contributed by atoms with van der Waals surface area (Å²) in [5.41, 5.74) is 2.79. The highest BCUT2D eigenvalue weighted by molar-refractivity contribution is 5.79. The molecule has 0 N–H and O–H groups in total. The second-order valence-corrected chi connectivity index (χ2v) is 8.84. The van der Waals surface area contributed by atoms with Crippen molar-refractivity contribution in [1.82, 2.24) is 9.80 Å². The Morgan fingerprint density at radius 1 is 1.30 bits per heavy atom. The van der Waals surface area contributed by atoms with Gasteiger partial charge < -0.3 is 9.80 Å². The maximum atomic E-state index is 13.1. The van der Waals surface area contributed by atoms with Crippen molar-refractivity contribution < 1.29 is 4.79 Å². The van der Waals surface area contributed by atoms with Gasteiger partial charge in [0.1, 0.15) is 11.8 Å². The number of likely N-dealkylation sites (tertiary alicyclic amines) is 2. The van der Waals surface area contributed by atoms with E-state index in [1.807, 2.05) is 24.0 Å². The molecular weight excluding hydrogens is 374 g/mol. The summed E-state index contributed by atoms with van der Waals surface area (Å²) in [5, 5.41) is 9.45. The number of aliphatic imine (C=N–C) groups is 2. The van der Waals surface area contributed by atoms with Crippen molar-refractivity contribution >= 4 is 30.2 Å². The number of rotatable bonds is 5. The molecule has 3 rings (SSSR count). The number of carbonyl (C=O) groups excluding carboxylic acids is 1. The first kappa shape index (κ1) is 22.2. The highest BCUT2D eigenvalue weighted by Crippen LogP contribution is 2.42. The summed E-state index contributed by atoms with van der Waals surface area (Å²) in [5.74, 6) is 1.36. The van der Waals surface area contributed by atoms with Crippen LogP contribution in [0.4, 0.5) is 11.4 Å². The Hall–Kier alpha value is -2.52. The van der Waals surface area contributed by atoms with Gasteiger partial charge in [0.25, 0.3) is 0 Å². The van der Waals surface area contributed by atoms with Gasteiger partial charge in [0.05, 0.1) is 11.3 Å². The van der Waals surface area contributed by atoms with E-state index in [0.717, 1.165) is 44.5 Å². The Labute approximate surface area is 180 Å². The zero-order chi connectivity index (χ0) is 21.7. The minimum absolute atomic E-state index is 0.175. The van der Waals surface area contributed by atoms with Crippen LogP contribution in [0.1, 0.15) is 56.6 Å². The fourth-order valence-corrected chi connectivity index (χ4v) is 4.86. The number of nitriles is 1. The van der Waals surface area contributed by atoms with Gasteiger partial charge in [0.2, 0.25) is 5.91 Å². The number of carbonyl (C=O) groups is 1. The van der Waals surface area contributed by atoms with Crippen LogP contribution in [-0.4, -0.2) is 61.9 Å². The lowest BCUT2D eigenvalue weighted by atomic mass is 9.83. The molecule has 2 saturated heterocycles. The third-order valence-electron chi connectivity index (χ3n) is 6.47. The number of piperidine rings is 2. The Bertz CT molecular complexity index is 848. The van der Waals surface area contributed by atoms with E-state index in [4.69, 9.17) is 0 Å². The van der Waals surface area contributed by atoms with Crippen molar-refractivity contribution in [3.05, 3.63) is 23.3 Å². The molecule has 1 aromatic rings. The van der Waals surface area contributed by atoms with Gasteiger partial charge in [-0.25, -0.2) is 0 Å². The van der Waals surface area contributed by atoms with E-state index < -0.39 is 0 Å². The average molecular weight is 408 g/mol. The molecule has 2 aliphatic rings. The summed E-state index contributed by atoms with van der Waals surface area (Å²) in [6.07, 6.45) is 5.52. The minimum atomic E-state index is 0.175. The SMILES string of the molecule is C=Nc1c([C@H]2C[C@H](C)CN(C(=O)CC3CCN(C)CC3)C2)ccc(C#N)c1/N=C\C. The fourth-order valence-electron chi connectivity index (χ4n) is 4.86. The van der Waals surface area contributed by atoms with Crippen LogP contribution < -0.4 is 0 Å². The van der Waals surface area contributed by atoms with Gasteiger partial charge in [-0.05, 0) is 76.5 Å². The molecule has 2 heterocycles. The normalized spacial score (nSPS) is 23.5. The molecule has 0 aliphatic carbocycles. The first-order chi connectivity index (χ1) is 14.5. The molecule has 0 saturated carbocycles. The Morgan fingerprint density at radius 2 is 2.03 bits per heavy atom. The van der Waals surface area contributed by atoms with Gasteiger partial charge >= 0.3 is 0 Å². The van der Waals surface area contributed by atoms with Crippen LogP contribution in [0.3, 0.4) is 0 Å². The van der Waals surface area contributed by atoms with Gasteiger partial charge in [0, 0.05) is 31.6 Å². The predicted octanol–water partition coefficient (Wildman–Crippen LogP) is 4.30. The minimum Gasteiger partial charge on any atom is -0.342 e. The van der Waals surface area contributed by atoms with Crippen molar-refractivity contribution in [2.45, 2.75) is 45.4 Å². The van der Waals surface area contributed by atoms with Crippen molar-refractivity contribution in [1.29, 1.82) is 5.26 Å². The van der Waals surface area contributed by atoms with Crippen LogP contribution in [-0.2, 0) is 4.79 Å². The van der Waals surface area contributed by atoms with Crippen LogP contribution >= 0.6 is 0 Å². The summed E-state index contributed by atoms with van der Waals surface area (Å²) < 4.78 is 0. The van der Waals surface area contributed by atoms with Crippen LogP contribution in [0.15, 0.2) is 22.1 Å². The van der Waals surface area contributed by atoms with Crippen molar-refractivity contribution in [2.24, 2.45) is 21.8 Å². The molecule has 1 amide bonds. The largest absolute Gasteiger partial charge is 0.342 e. The summed E-state index contributed by atoms with van der Waals surface area (Å²) in [6.45, 7) is 11.4. The Morgan fingerprint density at radius 3 is 2.67 bits per heavy atom. The topological polar surface area (TPSA) is 72.1 Å². The molecule has 1 aromatic carbocycles. The van der Waals surface area contributed by atoms with Crippen LogP contribution in [0, 0.1) is 23.2 Å². The van der Waals surface area contributed by atoms with Gasteiger partial charge in [-0.2, -0.15) is 5.26 Å². The summed E-state index contributed by atoms with van der Waals surface area (Å²) in [6, 6.07) is 5.99. The number of amides is 1. The number of hydrogen-bond donors (Lipinski definition) is 0. The van der Waals surface area contributed by atoms with Crippen LogP contribution in [0.2, 0.25) is 0 Å². The first-order valence-electron chi connectivity index (χ1n) is 11.0. The second kappa shape index (κ2) is 9.99. The molecule has 2 fully saturated rings. The number of hydrogen-bond acceptors (Lipinski definition) is 5. The van der Waals surface area contributed by atoms with Crippen molar-refractivity contribution in [2.75, 3.05) is 33.2 Å². The van der Waals surface area contributed by atoms with E-state index in [2.05, 4.69) is 41.6 Å². The van der Waals surface area contributed by atoms with Gasteiger partial charge in [-0.1, -0.05) is 13.0 Å². The summed E-state index contributed by atoms with van der Waals surface area (Å²) in [7, 11) is 2.15. The van der Waals surface area contributed by atoms with Crippen LogP contribution in [0.25, 0.3) is 0 Å². The second-order valence-electron chi connectivity index (χ2n) is 8.84. The van der Waals surface area contributed by atoms with E-state index in [0.29, 0.717) is 41.7 Å². The lowest BCUT2D eigenvalue weighted by Gasteiger charge is -2.38. The molecule has 0 spiro atoms. The quantitative estimate of drug-likeness (QED) is 0.683. The van der Waals surface area contributed by atoms with Crippen LogP contribution in [0.5, 0.6) is 0 Å². The summed E-state index contributed by atoms with van der Waals surface area (Å²) >= 11 is 0. The van der Waals surface area contributed by atoms with E-state index in [1.54, 1.807) is 6.21 Å². The molecule has 30 heavy (non-hydrogen) atoms. The Balaban J connectivity index is 1.80. The smallest absolute Gasteiger partial charge is 0.222 e. The van der Waals surface area contributed by atoms with E-state index in [1.165, 1.54) is 0 Å². The Kier molecular flexibility index (Phi) is 7.38. The zero-order valence-corrected chi connectivity index (χ0v) is 18.5. The standard InChI is InChI=1S/C24H33N5O/c1-5-27-23-19(14-25)6-7-21(24(23)26-3)20-12-17(2)15-29(16-20)22(30)13-18-8-10-28(4)11-9-18/h5-7,17-18,20H,3,8-13,15-16H2,1-2,4H3/b27-5-/t17-,20-/m0/s1. The average Bonchev–Trinajstić information content (AvgIpc) is 2.74. The van der Waals surface area contributed by atoms with Crippen molar-refractivity contribution in [3.63, 3.8) is 0 Å². The third kappa shape index (κ3) is 4.96. The zero-order valence-electron chi connectivity index (χ0n) is 18.5. The van der Waals surface area contributed by atoms with Crippen molar-refractivity contribution in [3.8, 4) is 6.07 Å². The van der Waals surface area contributed by atoms with E-state index >= 15 is 0 Å².